The molecule has 0 fully saturated rings. The van der Waals surface area contributed by atoms with E-state index in [-0.39, 0.29) is 5.82 Å². The van der Waals surface area contributed by atoms with E-state index in [1.165, 1.54) is 12.1 Å². The fourth-order valence-electron chi connectivity index (χ4n) is 2.19. The average molecular weight is 280 g/mol. The van der Waals surface area contributed by atoms with Crippen LogP contribution in [-0.2, 0) is 0 Å². The van der Waals surface area contributed by atoms with Crippen molar-refractivity contribution in [1.29, 1.82) is 0 Å². The lowest BCUT2D eigenvalue weighted by molar-refractivity contribution is 0.629. The number of thiazole rings is 1. The number of benzene rings is 2. The number of aromatic nitrogens is 2. The van der Waals surface area contributed by atoms with Crippen molar-refractivity contribution in [3.63, 3.8) is 0 Å². The molecule has 2 heterocycles. The van der Waals surface area contributed by atoms with Crippen LogP contribution in [0.3, 0.4) is 0 Å². The second-order valence-corrected chi connectivity index (χ2v) is 5.55. The van der Waals surface area contributed by atoms with Crippen molar-refractivity contribution in [2.75, 3.05) is 0 Å². The lowest BCUT2D eigenvalue weighted by Crippen LogP contribution is -1.85. The summed E-state index contributed by atoms with van der Waals surface area (Å²) in [5.74, 6) is -0.272. The Kier molecular flexibility index (Phi) is 2.50. The van der Waals surface area contributed by atoms with Crippen molar-refractivity contribution in [3.8, 4) is 10.7 Å². The van der Waals surface area contributed by atoms with Gasteiger partial charge in [-0.25, -0.2) is 14.4 Å². The molecule has 0 saturated carbocycles. The summed E-state index contributed by atoms with van der Waals surface area (Å²) in [5, 5.41) is 1.79. The van der Waals surface area contributed by atoms with Gasteiger partial charge in [0.25, 0.3) is 0 Å². The SMILES string of the molecule is Fc1ccc2ccc(-c3nc4ccccc4s3)nc2c1. The summed E-state index contributed by atoms with van der Waals surface area (Å²) < 4.78 is 14.4. The van der Waals surface area contributed by atoms with E-state index in [1.54, 1.807) is 17.4 Å². The van der Waals surface area contributed by atoms with E-state index >= 15 is 0 Å². The number of para-hydroxylation sites is 1. The largest absolute Gasteiger partial charge is 0.245 e. The number of hydrogen-bond donors (Lipinski definition) is 0. The van der Waals surface area contributed by atoms with Gasteiger partial charge in [-0.1, -0.05) is 18.2 Å². The van der Waals surface area contributed by atoms with Gasteiger partial charge in [-0.15, -0.1) is 11.3 Å². The quantitative estimate of drug-likeness (QED) is 0.507. The minimum atomic E-state index is -0.272. The molecular weight excluding hydrogens is 271 g/mol. The van der Waals surface area contributed by atoms with E-state index in [2.05, 4.69) is 9.97 Å². The van der Waals surface area contributed by atoms with Gasteiger partial charge >= 0.3 is 0 Å². The second-order valence-electron chi connectivity index (χ2n) is 4.52. The van der Waals surface area contributed by atoms with Gasteiger partial charge in [-0.05, 0) is 30.3 Å². The highest BCUT2D eigenvalue weighted by Gasteiger charge is 2.08. The Bertz CT molecular complexity index is 897. The normalized spacial score (nSPS) is 11.2. The Morgan fingerprint density at radius 2 is 1.70 bits per heavy atom. The fraction of sp³-hybridized carbons (Fsp3) is 0. The molecule has 0 radical (unpaired) electrons. The summed E-state index contributed by atoms with van der Waals surface area (Å²) in [6.45, 7) is 0. The third-order valence-corrected chi connectivity index (χ3v) is 4.23. The molecule has 0 saturated heterocycles. The van der Waals surface area contributed by atoms with Gasteiger partial charge in [0, 0.05) is 11.5 Å². The van der Waals surface area contributed by atoms with Gasteiger partial charge in [-0.2, -0.15) is 0 Å². The van der Waals surface area contributed by atoms with Crippen LogP contribution < -0.4 is 0 Å². The lowest BCUT2D eigenvalue weighted by Gasteiger charge is -2.00. The molecule has 4 heteroatoms. The second kappa shape index (κ2) is 4.35. The molecule has 20 heavy (non-hydrogen) atoms. The van der Waals surface area contributed by atoms with Gasteiger partial charge in [-0.3, -0.25) is 0 Å². The predicted octanol–water partition coefficient (Wildman–Crippen LogP) is 4.65. The maximum Gasteiger partial charge on any atom is 0.143 e. The Morgan fingerprint density at radius 3 is 2.60 bits per heavy atom. The van der Waals surface area contributed by atoms with Crippen LogP contribution in [0.15, 0.2) is 54.6 Å². The molecule has 0 aliphatic carbocycles. The highest BCUT2D eigenvalue weighted by Crippen LogP contribution is 2.29. The number of fused-ring (bicyclic) bond motifs is 2. The molecule has 2 aromatic heterocycles. The first-order chi connectivity index (χ1) is 9.79. The molecule has 0 bridgehead atoms. The zero-order valence-electron chi connectivity index (χ0n) is 10.4. The lowest BCUT2D eigenvalue weighted by atomic mass is 10.2. The number of rotatable bonds is 1. The molecule has 0 atom stereocenters. The number of hydrogen-bond acceptors (Lipinski definition) is 3. The summed E-state index contributed by atoms with van der Waals surface area (Å²) >= 11 is 1.60. The van der Waals surface area contributed by atoms with Crippen LogP contribution in [0.25, 0.3) is 31.8 Å². The first-order valence-corrected chi connectivity index (χ1v) is 7.03. The zero-order chi connectivity index (χ0) is 13.5. The maximum atomic E-state index is 13.3. The van der Waals surface area contributed by atoms with E-state index in [4.69, 9.17) is 0 Å². The van der Waals surface area contributed by atoms with Crippen molar-refractivity contribution < 1.29 is 4.39 Å². The van der Waals surface area contributed by atoms with Crippen LogP contribution in [0.5, 0.6) is 0 Å². The zero-order valence-corrected chi connectivity index (χ0v) is 11.2. The molecule has 0 N–H and O–H groups in total. The number of nitrogens with zero attached hydrogens (tertiary/aromatic N) is 2. The van der Waals surface area contributed by atoms with E-state index < -0.39 is 0 Å². The molecule has 4 aromatic rings. The van der Waals surface area contributed by atoms with Crippen LogP contribution in [0.1, 0.15) is 0 Å². The Balaban J connectivity index is 1.92. The Hall–Kier alpha value is -2.33. The predicted molar refractivity (Wildman–Crippen MR) is 80.3 cm³/mol. The van der Waals surface area contributed by atoms with E-state index in [0.717, 1.165) is 26.3 Å². The summed E-state index contributed by atoms with van der Waals surface area (Å²) in [4.78, 5) is 9.08. The van der Waals surface area contributed by atoms with Crippen molar-refractivity contribution in [1.82, 2.24) is 9.97 Å². The van der Waals surface area contributed by atoms with Crippen LogP contribution in [0.4, 0.5) is 4.39 Å². The molecule has 2 aromatic carbocycles. The molecule has 0 aliphatic rings. The third kappa shape index (κ3) is 1.85. The average Bonchev–Trinajstić information content (AvgIpc) is 2.90. The highest BCUT2D eigenvalue weighted by atomic mass is 32.1. The van der Waals surface area contributed by atoms with Gasteiger partial charge in [0.2, 0.25) is 0 Å². The van der Waals surface area contributed by atoms with Gasteiger partial charge in [0.05, 0.1) is 21.4 Å². The van der Waals surface area contributed by atoms with Crippen LogP contribution >= 0.6 is 11.3 Å². The molecule has 96 valence electrons. The van der Waals surface area contributed by atoms with Gasteiger partial charge in [0.1, 0.15) is 10.8 Å². The molecule has 0 amide bonds. The van der Waals surface area contributed by atoms with E-state index in [1.807, 2.05) is 36.4 Å². The van der Waals surface area contributed by atoms with Crippen molar-refractivity contribution in [3.05, 3.63) is 60.4 Å². The van der Waals surface area contributed by atoms with Crippen molar-refractivity contribution in [2.24, 2.45) is 0 Å². The minimum Gasteiger partial charge on any atom is -0.245 e. The smallest absolute Gasteiger partial charge is 0.143 e. The molecule has 0 spiro atoms. The van der Waals surface area contributed by atoms with Crippen LogP contribution in [0.2, 0.25) is 0 Å². The molecule has 4 rings (SSSR count). The van der Waals surface area contributed by atoms with Crippen molar-refractivity contribution in [2.45, 2.75) is 0 Å². The molecule has 2 nitrogen and oxygen atoms in total. The van der Waals surface area contributed by atoms with Gasteiger partial charge < -0.3 is 0 Å². The fourth-order valence-corrected chi connectivity index (χ4v) is 3.13. The minimum absolute atomic E-state index is 0.272. The topological polar surface area (TPSA) is 25.8 Å². The third-order valence-electron chi connectivity index (χ3n) is 3.17. The van der Waals surface area contributed by atoms with E-state index in [9.17, 15) is 4.39 Å². The monoisotopic (exact) mass is 280 g/mol. The molecule has 0 aliphatic heterocycles. The molecular formula is C16H9FN2S. The first kappa shape index (κ1) is 11.5. The number of halogens is 1. The Morgan fingerprint density at radius 1 is 0.850 bits per heavy atom. The number of pyridine rings is 1. The van der Waals surface area contributed by atoms with Crippen LogP contribution in [-0.4, -0.2) is 9.97 Å². The standard InChI is InChI=1S/C16H9FN2S/c17-11-7-5-10-6-8-13(18-14(10)9-11)16-19-12-3-1-2-4-15(12)20-16/h1-9H. The van der Waals surface area contributed by atoms with E-state index in [0.29, 0.717) is 5.52 Å². The molecule has 0 unspecified atom stereocenters. The highest BCUT2D eigenvalue weighted by molar-refractivity contribution is 7.21. The summed E-state index contributed by atoms with van der Waals surface area (Å²) in [6, 6.07) is 16.5. The van der Waals surface area contributed by atoms with Gasteiger partial charge in [0.15, 0.2) is 0 Å². The summed E-state index contributed by atoms with van der Waals surface area (Å²) in [6.07, 6.45) is 0. The van der Waals surface area contributed by atoms with Crippen molar-refractivity contribution >= 4 is 32.5 Å². The Labute approximate surface area is 118 Å². The first-order valence-electron chi connectivity index (χ1n) is 6.22. The summed E-state index contributed by atoms with van der Waals surface area (Å²) in [5.41, 5.74) is 2.40. The van der Waals surface area contributed by atoms with Crippen LogP contribution in [0, 0.1) is 5.82 Å². The summed E-state index contributed by atoms with van der Waals surface area (Å²) in [7, 11) is 0. The maximum absolute atomic E-state index is 13.3.